The second kappa shape index (κ2) is 12.5. The highest BCUT2D eigenvalue weighted by Crippen LogP contribution is 2.20. The van der Waals surface area contributed by atoms with Gasteiger partial charge in [-0.05, 0) is 48.7 Å². The number of hydrogen-bond donors (Lipinski definition) is 1. The van der Waals surface area contributed by atoms with Gasteiger partial charge in [0.2, 0.25) is 5.91 Å². The lowest BCUT2D eigenvalue weighted by molar-refractivity contribution is -0.143. The summed E-state index contributed by atoms with van der Waals surface area (Å²) in [6.45, 7) is 4.57. The molecule has 0 aromatic heterocycles. The number of benzene rings is 2. The summed E-state index contributed by atoms with van der Waals surface area (Å²) in [7, 11) is 0. The molecular weight excluding hydrogens is 423 g/mol. The quantitative estimate of drug-likeness (QED) is 0.484. The molecule has 2 aromatic rings. The molecule has 2 aromatic carbocycles. The van der Waals surface area contributed by atoms with Gasteiger partial charge in [-0.1, -0.05) is 61.7 Å². The number of rotatable bonds is 11. The van der Waals surface area contributed by atoms with Gasteiger partial charge in [-0.15, -0.1) is 0 Å². The van der Waals surface area contributed by atoms with Crippen molar-refractivity contribution >= 4 is 35.0 Å². The standard InChI is InChI=1S/C23H28Cl2N2O3/c1-3-5-14-26-23(29)21(4-2)27(15-17-8-6-7-9-20(17)25)22(28)16-30-19-12-10-18(24)11-13-19/h6-13,21H,3-5,14-16H2,1-2H3,(H,26,29)/t21-/m0/s1. The third kappa shape index (κ3) is 7.22. The van der Waals surface area contributed by atoms with Crippen molar-refractivity contribution in [1.82, 2.24) is 10.2 Å². The van der Waals surface area contributed by atoms with Gasteiger partial charge < -0.3 is 15.0 Å². The SMILES string of the molecule is CCCCNC(=O)[C@H](CC)N(Cc1ccccc1Cl)C(=O)COc1ccc(Cl)cc1. The van der Waals surface area contributed by atoms with Gasteiger partial charge in [0.15, 0.2) is 6.61 Å². The molecule has 1 atom stereocenters. The second-order valence-corrected chi connectivity index (χ2v) is 7.77. The van der Waals surface area contributed by atoms with Crippen molar-refractivity contribution in [2.24, 2.45) is 0 Å². The molecular formula is C23H28Cl2N2O3. The smallest absolute Gasteiger partial charge is 0.261 e. The Morgan fingerprint density at radius 2 is 1.77 bits per heavy atom. The fourth-order valence-electron chi connectivity index (χ4n) is 2.99. The van der Waals surface area contributed by atoms with Crippen molar-refractivity contribution in [3.05, 3.63) is 64.1 Å². The number of unbranched alkanes of at least 4 members (excludes halogenated alkanes) is 1. The van der Waals surface area contributed by atoms with Gasteiger partial charge in [0.1, 0.15) is 11.8 Å². The summed E-state index contributed by atoms with van der Waals surface area (Å²) < 4.78 is 5.63. The summed E-state index contributed by atoms with van der Waals surface area (Å²) in [4.78, 5) is 27.4. The summed E-state index contributed by atoms with van der Waals surface area (Å²) in [5, 5.41) is 4.07. The Labute approximate surface area is 188 Å². The normalized spacial score (nSPS) is 11.6. The lowest BCUT2D eigenvalue weighted by atomic mass is 10.1. The first kappa shape index (κ1) is 24.0. The third-order valence-corrected chi connectivity index (χ3v) is 5.31. The van der Waals surface area contributed by atoms with Crippen LogP contribution in [-0.2, 0) is 16.1 Å². The van der Waals surface area contributed by atoms with Crippen LogP contribution < -0.4 is 10.1 Å². The first-order valence-corrected chi connectivity index (χ1v) is 10.9. The maximum atomic E-state index is 13.1. The molecule has 30 heavy (non-hydrogen) atoms. The van der Waals surface area contributed by atoms with E-state index in [1.165, 1.54) is 0 Å². The minimum absolute atomic E-state index is 0.169. The molecule has 7 heteroatoms. The molecule has 1 N–H and O–H groups in total. The van der Waals surface area contributed by atoms with Crippen LogP contribution in [-0.4, -0.2) is 35.9 Å². The van der Waals surface area contributed by atoms with Gasteiger partial charge in [0.05, 0.1) is 0 Å². The highest BCUT2D eigenvalue weighted by molar-refractivity contribution is 6.31. The molecule has 0 fully saturated rings. The zero-order valence-corrected chi connectivity index (χ0v) is 18.9. The summed E-state index contributed by atoms with van der Waals surface area (Å²) in [6.07, 6.45) is 2.35. The fourth-order valence-corrected chi connectivity index (χ4v) is 3.32. The van der Waals surface area contributed by atoms with E-state index in [1.807, 2.05) is 25.1 Å². The number of amides is 2. The summed E-state index contributed by atoms with van der Waals surface area (Å²) in [6, 6.07) is 13.5. The van der Waals surface area contributed by atoms with Crippen molar-refractivity contribution in [3.8, 4) is 5.75 Å². The highest BCUT2D eigenvalue weighted by atomic mass is 35.5. The molecule has 0 aliphatic rings. The number of ether oxygens (including phenoxy) is 1. The molecule has 0 heterocycles. The number of hydrogen-bond acceptors (Lipinski definition) is 3. The van der Waals surface area contributed by atoms with Crippen LogP contribution in [0.5, 0.6) is 5.75 Å². The molecule has 2 amide bonds. The van der Waals surface area contributed by atoms with Crippen molar-refractivity contribution < 1.29 is 14.3 Å². The Morgan fingerprint density at radius 1 is 1.07 bits per heavy atom. The van der Waals surface area contributed by atoms with E-state index in [0.717, 1.165) is 18.4 Å². The monoisotopic (exact) mass is 450 g/mol. The minimum atomic E-state index is -0.612. The van der Waals surface area contributed by atoms with E-state index in [-0.39, 0.29) is 25.0 Å². The topological polar surface area (TPSA) is 58.6 Å². The van der Waals surface area contributed by atoms with Crippen molar-refractivity contribution in [3.63, 3.8) is 0 Å². The molecule has 162 valence electrons. The number of carbonyl (C=O) groups excluding carboxylic acids is 2. The molecule has 0 spiro atoms. The van der Waals surface area contributed by atoms with E-state index < -0.39 is 6.04 Å². The van der Waals surface area contributed by atoms with Crippen LogP contribution in [0.3, 0.4) is 0 Å². The maximum Gasteiger partial charge on any atom is 0.261 e. The molecule has 0 bridgehead atoms. The molecule has 5 nitrogen and oxygen atoms in total. The Balaban J connectivity index is 2.17. The van der Waals surface area contributed by atoms with E-state index in [4.69, 9.17) is 27.9 Å². The second-order valence-electron chi connectivity index (χ2n) is 6.92. The predicted molar refractivity (Wildman–Crippen MR) is 121 cm³/mol. The van der Waals surface area contributed by atoms with Crippen LogP contribution in [0.2, 0.25) is 10.0 Å². The van der Waals surface area contributed by atoms with Crippen LogP contribution in [0, 0.1) is 0 Å². The Hall–Kier alpha value is -2.24. The van der Waals surface area contributed by atoms with E-state index in [0.29, 0.717) is 28.8 Å². The van der Waals surface area contributed by atoms with E-state index in [1.54, 1.807) is 35.2 Å². The molecule has 0 aliphatic carbocycles. The number of carbonyl (C=O) groups is 2. The lowest BCUT2D eigenvalue weighted by Gasteiger charge is -2.30. The van der Waals surface area contributed by atoms with Gasteiger partial charge in [-0.3, -0.25) is 9.59 Å². The minimum Gasteiger partial charge on any atom is -0.484 e. The maximum absolute atomic E-state index is 13.1. The van der Waals surface area contributed by atoms with Crippen LogP contribution in [0.1, 0.15) is 38.7 Å². The summed E-state index contributed by atoms with van der Waals surface area (Å²) in [5.41, 5.74) is 0.777. The lowest BCUT2D eigenvalue weighted by Crippen LogP contribution is -2.50. The van der Waals surface area contributed by atoms with Gasteiger partial charge in [-0.2, -0.15) is 0 Å². The average molecular weight is 451 g/mol. The van der Waals surface area contributed by atoms with Gasteiger partial charge in [-0.25, -0.2) is 0 Å². The van der Waals surface area contributed by atoms with Crippen LogP contribution >= 0.6 is 23.2 Å². The van der Waals surface area contributed by atoms with E-state index >= 15 is 0 Å². The first-order valence-electron chi connectivity index (χ1n) is 10.1. The molecule has 0 aliphatic heterocycles. The van der Waals surface area contributed by atoms with Gasteiger partial charge in [0, 0.05) is 23.1 Å². The van der Waals surface area contributed by atoms with Crippen LogP contribution in [0.25, 0.3) is 0 Å². The van der Waals surface area contributed by atoms with Crippen molar-refractivity contribution in [2.45, 2.75) is 45.7 Å². The van der Waals surface area contributed by atoms with Gasteiger partial charge >= 0.3 is 0 Å². The largest absolute Gasteiger partial charge is 0.484 e. The average Bonchev–Trinajstić information content (AvgIpc) is 2.74. The van der Waals surface area contributed by atoms with E-state index in [2.05, 4.69) is 12.2 Å². The van der Waals surface area contributed by atoms with Gasteiger partial charge in [0.25, 0.3) is 5.91 Å². The fraction of sp³-hybridized carbons (Fsp3) is 0.391. The Kier molecular flexibility index (Phi) is 9.98. The van der Waals surface area contributed by atoms with Crippen molar-refractivity contribution in [2.75, 3.05) is 13.2 Å². The molecule has 0 unspecified atom stereocenters. The molecule has 2 rings (SSSR count). The number of halogens is 2. The van der Waals surface area contributed by atoms with E-state index in [9.17, 15) is 9.59 Å². The number of nitrogens with zero attached hydrogens (tertiary/aromatic N) is 1. The Morgan fingerprint density at radius 3 is 2.40 bits per heavy atom. The molecule has 0 saturated carbocycles. The zero-order valence-electron chi connectivity index (χ0n) is 17.4. The summed E-state index contributed by atoms with van der Waals surface area (Å²) in [5.74, 6) is 0.0751. The van der Waals surface area contributed by atoms with Crippen molar-refractivity contribution in [1.29, 1.82) is 0 Å². The summed E-state index contributed by atoms with van der Waals surface area (Å²) >= 11 is 12.2. The zero-order chi connectivity index (χ0) is 21.9. The van der Waals surface area contributed by atoms with Crippen LogP contribution in [0.4, 0.5) is 0 Å². The number of nitrogens with one attached hydrogen (secondary N) is 1. The highest BCUT2D eigenvalue weighted by Gasteiger charge is 2.29. The Bertz CT molecular complexity index is 827. The van der Waals surface area contributed by atoms with Crippen LogP contribution in [0.15, 0.2) is 48.5 Å². The first-order chi connectivity index (χ1) is 14.5. The third-order valence-electron chi connectivity index (χ3n) is 4.69. The predicted octanol–water partition coefficient (Wildman–Crippen LogP) is 5.10. The molecule has 0 radical (unpaired) electrons. The molecule has 0 saturated heterocycles.